The molecule has 22 heavy (non-hydrogen) atoms. The first-order valence-electron chi connectivity index (χ1n) is 8.01. The van der Waals surface area contributed by atoms with Crippen LogP contribution in [0.3, 0.4) is 0 Å². The average molecular weight is 292 g/mol. The van der Waals surface area contributed by atoms with E-state index in [0.717, 1.165) is 36.8 Å². The number of hydrogen-bond acceptors (Lipinski definition) is 2. The van der Waals surface area contributed by atoms with Crippen molar-refractivity contribution in [3.63, 3.8) is 0 Å². The second kappa shape index (κ2) is 5.88. The summed E-state index contributed by atoms with van der Waals surface area (Å²) in [6.07, 6.45) is 3.91. The van der Waals surface area contributed by atoms with Gasteiger partial charge in [0.25, 0.3) is 0 Å². The van der Waals surface area contributed by atoms with Gasteiger partial charge in [0.1, 0.15) is 0 Å². The Morgan fingerprint density at radius 1 is 0.636 bits per heavy atom. The largest absolute Gasteiger partial charge is 0.289 e. The number of hydrogen-bond donors (Lipinski definition) is 0. The normalized spacial score (nSPS) is 13.0. The quantitative estimate of drug-likeness (QED) is 0.715. The molecule has 0 aliphatic heterocycles. The van der Waals surface area contributed by atoms with Crippen LogP contribution in [0.5, 0.6) is 0 Å². The number of rotatable bonds is 4. The van der Waals surface area contributed by atoms with E-state index in [1.165, 1.54) is 0 Å². The zero-order valence-corrected chi connectivity index (χ0v) is 13.1. The minimum absolute atomic E-state index is 0.0134. The van der Waals surface area contributed by atoms with Gasteiger partial charge in [0.2, 0.25) is 0 Å². The lowest BCUT2D eigenvalue weighted by Crippen LogP contribution is -2.21. The third kappa shape index (κ3) is 2.39. The van der Waals surface area contributed by atoms with Gasteiger partial charge in [-0.15, -0.1) is 0 Å². The molecule has 2 aromatic carbocycles. The predicted octanol–water partition coefficient (Wildman–Crippen LogP) is 4.37. The molecule has 0 radical (unpaired) electrons. The summed E-state index contributed by atoms with van der Waals surface area (Å²) < 4.78 is 0. The molecule has 0 saturated heterocycles. The highest BCUT2D eigenvalue weighted by atomic mass is 16.1. The van der Waals surface area contributed by atoms with Crippen molar-refractivity contribution in [2.24, 2.45) is 0 Å². The van der Waals surface area contributed by atoms with Crippen LogP contribution in [0.15, 0.2) is 36.4 Å². The van der Waals surface area contributed by atoms with Gasteiger partial charge >= 0.3 is 0 Å². The van der Waals surface area contributed by atoms with Crippen LogP contribution in [0, 0.1) is 0 Å². The zero-order chi connectivity index (χ0) is 15.7. The maximum atomic E-state index is 12.8. The Balaban J connectivity index is 2.11. The lowest BCUT2D eigenvalue weighted by Gasteiger charge is -2.19. The highest BCUT2D eigenvalue weighted by Gasteiger charge is 2.29. The first kappa shape index (κ1) is 14.7. The summed E-state index contributed by atoms with van der Waals surface area (Å²) in [5.41, 5.74) is 4.46. The number of fused-ring (bicyclic) bond motifs is 2. The summed E-state index contributed by atoms with van der Waals surface area (Å²) in [5, 5.41) is 0. The van der Waals surface area contributed by atoms with Gasteiger partial charge in [0.15, 0.2) is 11.6 Å². The number of benzene rings is 2. The average Bonchev–Trinajstić information content (AvgIpc) is 2.53. The molecule has 2 nitrogen and oxygen atoms in total. The number of carbonyl (C=O) groups excluding carboxylic acids is 2. The van der Waals surface area contributed by atoms with E-state index in [9.17, 15) is 9.59 Å². The van der Waals surface area contributed by atoms with E-state index in [0.29, 0.717) is 22.3 Å². The van der Waals surface area contributed by atoms with E-state index < -0.39 is 0 Å². The van der Waals surface area contributed by atoms with Crippen LogP contribution in [-0.2, 0) is 12.8 Å². The van der Waals surface area contributed by atoms with Crippen molar-refractivity contribution >= 4 is 11.6 Å². The van der Waals surface area contributed by atoms with Crippen molar-refractivity contribution in [2.75, 3.05) is 0 Å². The highest BCUT2D eigenvalue weighted by molar-refractivity contribution is 6.28. The Morgan fingerprint density at radius 3 is 1.45 bits per heavy atom. The highest BCUT2D eigenvalue weighted by Crippen LogP contribution is 2.29. The van der Waals surface area contributed by atoms with Gasteiger partial charge in [-0.05, 0) is 36.1 Å². The Hall–Kier alpha value is -2.22. The molecule has 0 saturated carbocycles. The van der Waals surface area contributed by atoms with Crippen LogP contribution in [0.4, 0.5) is 0 Å². The Bertz CT molecular complexity index is 695. The molecule has 0 aromatic heterocycles. The smallest absolute Gasteiger partial charge is 0.194 e. The van der Waals surface area contributed by atoms with E-state index >= 15 is 0 Å². The Labute approximate surface area is 131 Å². The van der Waals surface area contributed by atoms with Crippen LogP contribution in [0.25, 0.3) is 0 Å². The SMILES string of the molecule is CCCc1ccc2c(c1)C(=O)c1cc(CCC)ccc1C2=O. The van der Waals surface area contributed by atoms with E-state index in [-0.39, 0.29) is 11.6 Å². The molecular weight excluding hydrogens is 272 g/mol. The predicted molar refractivity (Wildman–Crippen MR) is 87.7 cm³/mol. The van der Waals surface area contributed by atoms with Gasteiger partial charge < -0.3 is 0 Å². The molecular formula is C20H20O2. The monoisotopic (exact) mass is 292 g/mol. The summed E-state index contributed by atoms with van der Waals surface area (Å²) in [7, 11) is 0. The Kier molecular flexibility index (Phi) is 3.93. The van der Waals surface area contributed by atoms with Gasteiger partial charge in [-0.25, -0.2) is 0 Å². The second-order valence-electron chi connectivity index (χ2n) is 5.92. The van der Waals surface area contributed by atoms with Gasteiger partial charge in [0.05, 0.1) is 0 Å². The molecule has 112 valence electrons. The first-order chi connectivity index (χ1) is 10.7. The maximum absolute atomic E-state index is 12.8. The van der Waals surface area contributed by atoms with Gasteiger partial charge in [-0.3, -0.25) is 9.59 Å². The van der Waals surface area contributed by atoms with Crippen molar-refractivity contribution < 1.29 is 9.59 Å². The molecule has 0 unspecified atom stereocenters. The minimum Gasteiger partial charge on any atom is -0.289 e. The molecule has 0 amide bonds. The molecule has 1 aliphatic carbocycles. The van der Waals surface area contributed by atoms with E-state index in [2.05, 4.69) is 13.8 Å². The van der Waals surface area contributed by atoms with Crippen molar-refractivity contribution in [3.05, 3.63) is 69.8 Å². The molecule has 2 heteroatoms. The van der Waals surface area contributed by atoms with Gasteiger partial charge in [0, 0.05) is 22.3 Å². The standard InChI is InChI=1S/C20H20O2/c1-3-5-13-7-9-15-17(11-13)20(22)18-12-14(6-4-2)8-10-16(18)19(15)21/h7-12H,3-6H2,1-2H3. The number of aryl methyl sites for hydroxylation is 2. The number of ketones is 2. The molecule has 3 rings (SSSR count). The lowest BCUT2D eigenvalue weighted by atomic mass is 9.82. The third-order valence-corrected chi connectivity index (χ3v) is 4.22. The zero-order valence-electron chi connectivity index (χ0n) is 13.1. The third-order valence-electron chi connectivity index (χ3n) is 4.22. The fraction of sp³-hybridized carbons (Fsp3) is 0.300. The minimum atomic E-state index is -0.0318. The fourth-order valence-electron chi connectivity index (χ4n) is 3.13. The van der Waals surface area contributed by atoms with E-state index in [4.69, 9.17) is 0 Å². The van der Waals surface area contributed by atoms with Crippen molar-refractivity contribution in [2.45, 2.75) is 39.5 Å². The van der Waals surface area contributed by atoms with Gasteiger partial charge in [-0.2, -0.15) is 0 Å². The molecule has 0 spiro atoms. The first-order valence-corrected chi connectivity index (χ1v) is 8.01. The van der Waals surface area contributed by atoms with Gasteiger partial charge in [-0.1, -0.05) is 51.0 Å². The van der Waals surface area contributed by atoms with E-state index in [1.54, 1.807) is 0 Å². The van der Waals surface area contributed by atoms with Crippen LogP contribution >= 0.6 is 0 Å². The van der Waals surface area contributed by atoms with Crippen molar-refractivity contribution in [3.8, 4) is 0 Å². The van der Waals surface area contributed by atoms with Crippen LogP contribution in [-0.4, -0.2) is 11.6 Å². The lowest BCUT2D eigenvalue weighted by molar-refractivity contribution is 0.0979. The summed E-state index contributed by atoms with van der Waals surface area (Å²) in [6.45, 7) is 4.22. The van der Waals surface area contributed by atoms with Crippen molar-refractivity contribution in [1.29, 1.82) is 0 Å². The summed E-state index contributed by atoms with van der Waals surface area (Å²) >= 11 is 0. The Morgan fingerprint density at radius 2 is 1.05 bits per heavy atom. The molecule has 0 N–H and O–H groups in total. The molecule has 2 aromatic rings. The molecule has 0 heterocycles. The summed E-state index contributed by atoms with van der Waals surface area (Å²) in [5.74, 6) is -0.0452. The number of carbonyl (C=O) groups is 2. The molecule has 0 atom stereocenters. The van der Waals surface area contributed by atoms with E-state index in [1.807, 2.05) is 36.4 Å². The summed E-state index contributed by atoms with van der Waals surface area (Å²) in [4.78, 5) is 25.5. The second-order valence-corrected chi connectivity index (χ2v) is 5.92. The summed E-state index contributed by atoms with van der Waals surface area (Å²) in [6, 6.07) is 11.3. The molecule has 1 aliphatic rings. The molecule has 0 bridgehead atoms. The van der Waals surface area contributed by atoms with Crippen LogP contribution in [0.2, 0.25) is 0 Å². The topological polar surface area (TPSA) is 34.1 Å². The fourth-order valence-corrected chi connectivity index (χ4v) is 3.13. The van der Waals surface area contributed by atoms with Crippen LogP contribution < -0.4 is 0 Å². The molecule has 0 fully saturated rings. The van der Waals surface area contributed by atoms with Crippen LogP contribution in [0.1, 0.15) is 69.7 Å². The van der Waals surface area contributed by atoms with Crippen molar-refractivity contribution in [1.82, 2.24) is 0 Å². The maximum Gasteiger partial charge on any atom is 0.194 e.